The molecule has 3 aromatic rings. The van der Waals surface area contributed by atoms with Crippen LogP contribution >= 0.6 is 23.2 Å². The Morgan fingerprint density at radius 1 is 1.10 bits per heavy atom. The summed E-state index contributed by atoms with van der Waals surface area (Å²) in [7, 11) is -1.49. The van der Waals surface area contributed by atoms with Crippen LogP contribution in [0, 0.1) is 12.7 Å². The van der Waals surface area contributed by atoms with E-state index in [0.29, 0.717) is 16.9 Å². The number of ether oxygens (including phenoxy) is 1. The Labute approximate surface area is 178 Å². The molecule has 1 heterocycles. The summed E-state index contributed by atoms with van der Waals surface area (Å²) in [5, 5.41) is 0.349. The molecule has 3 rings (SSSR count). The molecule has 0 amide bonds. The number of para-hydroxylation sites is 2. The van der Waals surface area contributed by atoms with E-state index in [4.69, 9.17) is 27.9 Å². The molecule has 0 aliphatic carbocycles. The lowest BCUT2D eigenvalue weighted by molar-refractivity contribution is 0.415. The average Bonchev–Trinajstić information content (AvgIpc) is 2.68. The summed E-state index contributed by atoms with van der Waals surface area (Å²) in [5.41, 5.74) is 1.88. The molecule has 2 aromatic carbocycles. The standard InChI is InChI=1S/C20H17Cl2FN2O3S/c1-12-8-20(22)24-11-14(12)13-9-19(16(23)10-15(13)21)29(26,27)25(2)17-6-4-5-7-18(17)28-3/h4-11H,1-3H3. The third-order valence-electron chi connectivity index (χ3n) is 4.45. The minimum absolute atomic E-state index is 0.0635. The van der Waals surface area contributed by atoms with Crippen LogP contribution in [0.1, 0.15) is 5.56 Å². The number of anilines is 1. The zero-order valence-corrected chi connectivity index (χ0v) is 18.1. The van der Waals surface area contributed by atoms with Crippen LogP contribution in [0.3, 0.4) is 0 Å². The molecule has 9 heteroatoms. The van der Waals surface area contributed by atoms with Gasteiger partial charge in [-0.15, -0.1) is 0 Å². The van der Waals surface area contributed by atoms with Gasteiger partial charge in [0.2, 0.25) is 0 Å². The van der Waals surface area contributed by atoms with Crippen LogP contribution in [0.5, 0.6) is 5.75 Å². The molecule has 0 saturated heterocycles. The number of rotatable bonds is 5. The van der Waals surface area contributed by atoms with Gasteiger partial charge in [0.25, 0.3) is 10.0 Å². The predicted octanol–water partition coefficient (Wildman–Crippen LogP) is 5.34. The zero-order chi connectivity index (χ0) is 21.3. The Balaban J connectivity index is 2.17. The number of hydrogen-bond donors (Lipinski definition) is 0. The Hall–Kier alpha value is -2.35. The van der Waals surface area contributed by atoms with Gasteiger partial charge in [-0.3, -0.25) is 4.31 Å². The predicted molar refractivity (Wildman–Crippen MR) is 113 cm³/mol. The van der Waals surface area contributed by atoms with Crippen molar-refractivity contribution < 1.29 is 17.5 Å². The van der Waals surface area contributed by atoms with E-state index < -0.39 is 20.7 Å². The van der Waals surface area contributed by atoms with Crippen LogP contribution in [0.25, 0.3) is 11.1 Å². The van der Waals surface area contributed by atoms with Gasteiger partial charge in [-0.25, -0.2) is 17.8 Å². The number of pyridine rings is 1. The maximum atomic E-state index is 14.7. The second kappa shape index (κ2) is 8.18. The minimum Gasteiger partial charge on any atom is -0.495 e. The quantitative estimate of drug-likeness (QED) is 0.488. The maximum absolute atomic E-state index is 14.7. The van der Waals surface area contributed by atoms with Crippen molar-refractivity contribution in [2.75, 3.05) is 18.5 Å². The molecule has 0 saturated carbocycles. The van der Waals surface area contributed by atoms with E-state index in [9.17, 15) is 12.8 Å². The Morgan fingerprint density at radius 3 is 2.45 bits per heavy atom. The molecule has 0 bridgehead atoms. The van der Waals surface area contributed by atoms with Gasteiger partial charge in [0.05, 0.1) is 17.8 Å². The molecule has 0 unspecified atom stereocenters. The highest BCUT2D eigenvalue weighted by atomic mass is 35.5. The van der Waals surface area contributed by atoms with Crippen molar-refractivity contribution in [2.24, 2.45) is 0 Å². The normalized spacial score (nSPS) is 11.4. The molecular formula is C20H17Cl2FN2O3S. The van der Waals surface area contributed by atoms with E-state index in [2.05, 4.69) is 4.98 Å². The highest BCUT2D eigenvalue weighted by Gasteiger charge is 2.28. The van der Waals surface area contributed by atoms with Crippen molar-refractivity contribution >= 4 is 38.9 Å². The first kappa shape index (κ1) is 21.4. The van der Waals surface area contributed by atoms with Crippen molar-refractivity contribution in [3.63, 3.8) is 0 Å². The molecule has 0 fully saturated rings. The maximum Gasteiger partial charge on any atom is 0.267 e. The Bertz CT molecular complexity index is 1190. The molecular weight excluding hydrogens is 438 g/mol. The van der Waals surface area contributed by atoms with Crippen LogP contribution < -0.4 is 9.04 Å². The molecule has 152 valence electrons. The summed E-state index contributed by atoms with van der Waals surface area (Å²) in [6, 6.07) is 10.4. The summed E-state index contributed by atoms with van der Waals surface area (Å²) < 4.78 is 47.3. The van der Waals surface area contributed by atoms with Gasteiger partial charge in [0.15, 0.2) is 0 Å². The molecule has 0 atom stereocenters. The van der Waals surface area contributed by atoms with E-state index in [1.54, 1.807) is 37.3 Å². The molecule has 0 aliphatic rings. The van der Waals surface area contributed by atoms with Gasteiger partial charge in [-0.1, -0.05) is 35.3 Å². The van der Waals surface area contributed by atoms with Gasteiger partial charge in [0, 0.05) is 24.4 Å². The topological polar surface area (TPSA) is 59.5 Å². The number of aryl methyl sites for hydroxylation is 1. The fourth-order valence-electron chi connectivity index (χ4n) is 2.90. The van der Waals surface area contributed by atoms with Crippen molar-refractivity contribution in [1.29, 1.82) is 0 Å². The highest BCUT2D eigenvalue weighted by Crippen LogP contribution is 2.37. The first-order valence-corrected chi connectivity index (χ1v) is 10.6. The van der Waals surface area contributed by atoms with Gasteiger partial charge in [0.1, 0.15) is 21.6 Å². The first-order chi connectivity index (χ1) is 13.7. The van der Waals surface area contributed by atoms with Gasteiger partial charge in [-0.2, -0.15) is 0 Å². The van der Waals surface area contributed by atoms with Crippen LogP contribution in [0.2, 0.25) is 10.2 Å². The lowest BCUT2D eigenvalue weighted by Crippen LogP contribution is -2.27. The number of benzene rings is 2. The third kappa shape index (κ3) is 4.03. The molecule has 5 nitrogen and oxygen atoms in total. The monoisotopic (exact) mass is 454 g/mol. The smallest absolute Gasteiger partial charge is 0.267 e. The van der Waals surface area contributed by atoms with Crippen LogP contribution in [0.15, 0.2) is 53.6 Å². The summed E-state index contributed by atoms with van der Waals surface area (Å²) in [6.07, 6.45) is 1.47. The van der Waals surface area contributed by atoms with Gasteiger partial charge < -0.3 is 4.74 Å². The number of hydrogen-bond acceptors (Lipinski definition) is 4. The number of sulfonamides is 1. The molecule has 0 spiro atoms. The summed E-state index contributed by atoms with van der Waals surface area (Å²) >= 11 is 12.1. The summed E-state index contributed by atoms with van der Waals surface area (Å²) in [4.78, 5) is 3.50. The van der Waals surface area contributed by atoms with Crippen LogP contribution in [-0.2, 0) is 10.0 Å². The average molecular weight is 455 g/mol. The first-order valence-electron chi connectivity index (χ1n) is 8.40. The number of aromatic nitrogens is 1. The second-order valence-corrected chi connectivity index (χ2v) is 8.96. The zero-order valence-electron chi connectivity index (χ0n) is 15.8. The fourth-order valence-corrected chi connectivity index (χ4v) is 4.65. The minimum atomic E-state index is -4.25. The largest absolute Gasteiger partial charge is 0.495 e. The SMILES string of the molecule is COc1ccccc1N(C)S(=O)(=O)c1cc(-c2cnc(Cl)cc2C)c(Cl)cc1F. The Kier molecular flexibility index (Phi) is 6.03. The lowest BCUT2D eigenvalue weighted by Gasteiger charge is -2.22. The third-order valence-corrected chi connectivity index (χ3v) is 6.76. The fraction of sp³-hybridized carbons (Fsp3) is 0.150. The van der Waals surface area contributed by atoms with Crippen molar-refractivity contribution in [2.45, 2.75) is 11.8 Å². The van der Waals surface area contributed by atoms with Crippen molar-refractivity contribution in [1.82, 2.24) is 4.98 Å². The Morgan fingerprint density at radius 2 is 1.79 bits per heavy atom. The van der Waals surface area contributed by atoms with Crippen molar-refractivity contribution in [3.8, 4) is 16.9 Å². The van der Waals surface area contributed by atoms with Gasteiger partial charge in [-0.05, 0) is 42.8 Å². The number of nitrogens with zero attached hydrogens (tertiary/aromatic N) is 2. The van der Waals surface area contributed by atoms with E-state index >= 15 is 0 Å². The number of methoxy groups -OCH3 is 1. The number of halogens is 3. The highest BCUT2D eigenvalue weighted by molar-refractivity contribution is 7.92. The molecule has 29 heavy (non-hydrogen) atoms. The van der Waals surface area contributed by atoms with Crippen molar-refractivity contribution in [3.05, 3.63) is 70.2 Å². The second-order valence-electron chi connectivity index (χ2n) is 6.23. The summed E-state index contributed by atoms with van der Waals surface area (Å²) in [6.45, 7) is 1.78. The van der Waals surface area contributed by atoms with Crippen LogP contribution in [-0.4, -0.2) is 27.6 Å². The van der Waals surface area contributed by atoms with E-state index in [0.717, 1.165) is 15.9 Å². The van der Waals surface area contributed by atoms with Crippen LogP contribution in [0.4, 0.5) is 10.1 Å². The molecule has 0 aliphatic heterocycles. The molecule has 0 N–H and O–H groups in total. The lowest BCUT2D eigenvalue weighted by atomic mass is 10.0. The van der Waals surface area contributed by atoms with E-state index in [-0.39, 0.29) is 15.9 Å². The molecule has 1 aromatic heterocycles. The summed E-state index contributed by atoms with van der Waals surface area (Å²) in [5.74, 6) is -0.619. The molecule has 0 radical (unpaired) electrons. The van der Waals surface area contributed by atoms with Gasteiger partial charge >= 0.3 is 0 Å². The van der Waals surface area contributed by atoms with E-state index in [1.807, 2.05) is 0 Å². The van der Waals surface area contributed by atoms with E-state index in [1.165, 1.54) is 26.4 Å².